The molecule has 3 nitrogen and oxygen atoms in total. The predicted molar refractivity (Wildman–Crippen MR) is 77.3 cm³/mol. The summed E-state index contributed by atoms with van der Waals surface area (Å²) >= 11 is 0. The first-order chi connectivity index (χ1) is 8.95. The highest BCUT2D eigenvalue weighted by atomic mass is 19.3. The van der Waals surface area contributed by atoms with Crippen LogP contribution in [0.5, 0.6) is 0 Å². The minimum Gasteiger partial charge on any atom is -0.366 e. The van der Waals surface area contributed by atoms with Gasteiger partial charge in [-0.1, -0.05) is 47.5 Å². The van der Waals surface area contributed by atoms with Crippen LogP contribution in [-0.2, 0) is 4.94 Å². The van der Waals surface area contributed by atoms with Crippen molar-refractivity contribution in [2.45, 2.75) is 91.5 Å². The lowest BCUT2D eigenvalue weighted by Gasteiger charge is -2.19. The molecule has 0 aromatic carbocycles. The van der Waals surface area contributed by atoms with Crippen LogP contribution in [0.1, 0.15) is 79.6 Å². The molecule has 0 aromatic heterocycles. The Bertz CT molecular complexity index is 178. The molecule has 0 amide bonds. The third kappa shape index (κ3) is 12.6. The number of halogens is 1. The number of hydrogen-bond donors (Lipinski definition) is 2. The molecule has 1 unspecified atom stereocenters. The van der Waals surface area contributed by atoms with E-state index in [1.165, 1.54) is 0 Å². The van der Waals surface area contributed by atoms with Gasteiger partial charge in [0.15, 0.2) is 5.79 Å². The van der Waals surface area contributed by atoms with E-state index in [-0.39, 0.29) is 6.10 Å². The minimum atomic E-state index is -1.40. The van der Waals surface area contributed by atoms with E-state index in [4.69, 9.17) is 10.2 Å². The molecule has 0 bridgehead atoms. The molecule has 0 aromatic rings. The molecule has 1 rings (SSSR count). The normalized spacial score (nSPS) is 22.1. The Morgan fingerprint density at radius 1 is 1.11 bits per heavy atom. The van der Waals surface area contributed by atoms with Gasteiger partial charge in [-0.3, -0.25) is 0 Å². The molecule has 1 saturated carbocycles. The van der Waals surface area contributed by atoms with E-state index < -0.39 is 5.79 Å². The van der Waals surface area contributed by atoms with Gasteiger partial charge in [-0.05, 0) is 29.7 Å². The smallest absolute Gasteiger partial charge is 0.162 e. The van der Waals surface area contributed by atoms with Gasteiger partial charge in [-0.25, -0.2) is 0 Å². The fourth-order valence-electron chi connectivity index (χ4n) is 2.16. The summed E-state index contributed by atoms with van der Waals surface area (Å²) in [6.07, 6.45) is 5.45. The van der Waals surface area contributed by atoms with Gasteiger partial charge in [0.2, 0.25) is 0 Å². The summed E-state index contributed by atoms with van der Waals surface area (Å²) in [5, 5.41) is 18.1. The zero-order chi connectivity index (χ0) is 15.3. The third-order valence-electron chi connectivity index (χ3n) is 3.07. The van der Waals surface area contributed by atoms with Crippen molar-refractivity contribution in [2.24, 2.45) is 5.92 Å². The molecule has 2 N–H and O–H groups in total. The summed E-state index contributed by atoms with van der Waals surface area (Å²) in [5.41, 5.74) is 0. The molecule has 4 heteroatoms. The van der Waals surface area contributed by atoms with E-state index in [2.05, 4.69) is 11.9 Å². The Morgan fingerprint density at radius 3 is 1.79 bits per heavy atom. The topological polar surface area (TPSA) is 49.7 Å². The largest absolute Gasteiger partial charge is 0.366 e. The van der Waals surface area contributed by atoms with Crippen LogP contribution in [0.2, 0.25) is 0 Å². The minimum absolute atomic E-state index is 0.0926. The molecule has 1 fully saturated rings. The first kappa shape index (κ1) is 21.1. The molecule has 1 aliphatic rings. The fourth-order valence-corrected chi connectivity index (χ4v) is 2.16. The SMILES string of the molecule is CC.CC1CC[C@@H](OF)C1.CCCC(O)(O)CCC. The average molecular weight is 280 g/mol. The Morgan fingerprint density at radius 2 is 1.58 bits per heavy atom. The Labute approximate surface area is 118 Å². The summed E-state index contributed by atoms with van der Waals surface area (Å²) < 4.78 is 11.4. The monoisotopic (exact) mass is 280 g/mol. The predicted octanol–water partition coefficient (Wildman–Crippen LogP) is 4.37. The van der Waals surface area contributed by atoms with Crippen molar-refractivity contribution in [1.82, 2.24) is 0 Å². The number of rotatable bonds is 5. The summed E-state index contributed by atoms with van der Waals surface area (Å²) in [4.78, 5) is 3.68. The highest BCUT2D eigenvalue weighted by Gasteiger charge is 2.22. The summed E-state index contributed by atoms with van der Waals surface area (Å²) in [7, 11) is 0. The third-order valence-corrected chi connectivity index (χ3v) is 3.07. The lowest BCUT2D eigenvalue weighted by molar-refractivity contribution is -0.176. The van der Waals surface area contributed by atoms with Crippen LogP contribution >= 0.6 is 0 Å². The molecule has 0 aliphatic heterocycles. The van der Waals surface area contributed by atoms with Crippen LogP contribution in [0.15, 0.2) is 0 Å². The molecular weight excluding hydrogens is 247 g/mol. The second kappa shape index (κ2) is 12.8. The fraction of sp³-hybridized carbons (Fsp3) is 1.00. The number of aliphatic hydroxyl groups is 2. The van der Waals surface area contributed by atoms with E-state index in [0.29, 0.717) is 18.8 Å². The van der Waals surface area contributed by atoms with E-state index >= 15 is 0 Å². The van der Waals surface area contributed by atoms with E-state index in [0.717, 1.165) is 32.1 Å². The van der Waals surface area contributed by atoms with Gasteiger partial charge < -0.3 is 10.2 Å². The van der Waals surface area contributed by atoms with Crippen molar-refractivity contribution < 1.29 is 19.7 Å². The van der Waals surface area contributed by atoms with Crippen LogP contribution in [0.25, 0.3) is 0 Å². The summed E-state index contributed by atoms with van der Waals surface area (Å²) in [5.74, 6) is -0.737. The van der Waals surface area contributed by atoms with Crippen LogP contribution in [0.4, 0.5) is 4.53 Å². The van der Waals surface area contributed by atoms with Gasteiger partial charge in [-0.15, -0.1) is 0 Å². The van der Waals surface area contributed by atoms with Crippen molar-refractivity contribution in [3.8, 4) is 0 Å². The highest BCUT2D eigenvalue weighted by molar-refractivity contribution is 4.71. The lowest BCUT2D eigenvalue weighted by Crippen LogP contribution is -2.26. The van der Waals surface area contributed by atoms with Gasteiger partial charge in [0.1, 0.15) is 0 Å². The molecule has 0 heterocycles. The maximum atomic E-state index is 11.4. The van der Waals surface area contributed by atoms with Crippen molar-refractivity contribution >= 4 is 0 Å². The van der Waals surface area contributed by atoms with Crippen LogP contribution in [-0.4, -0.2) is 22.1 Å². The molecule has 118 valence electrons. The van der Waals surface area contributed by atoms with Gasteiger partial charge in [0, 0.05) is 12.8 Å². The van der Waals surface area contributed by atoms with Crippen LogP contribution in [0, 0.1) is 5.92 Å². The molecule has 1 aliphatic carbocycles. The van der Waals surface area contributed by atoms with Crippen molar-refractivity contribution in [2.75, 3.05) is 0 Å². The molecule has 19 heavy (non-hydrogen) atoms. The first-order valence-electron chi connectivity index (χ1n) is 7.67. The van der Waals surface area contributed by atoms with Gasteiger partial charge >= 0.3 is 0 Å². The molecule has 2 atom stereocenters. The number of hydrogen-bond acceptors (Lipinski definition) is 3. The molecule has 0 spiro atoms. The quantitative estimate of drug-likeness (QED) is 0.735. The zero-order valence-corrected chi connectivity index (χ0v) is 13.3. The molecule has 0 saturated heterocycles. The molecule has 0 radical (unpaired) electrons. The van der Waals surface area contributed by atoms with E-state index in [1.54, 1.807) is 0 Å². The maximum absolute atomic E-state index is 11.4. The Kier molecular flexibility index (Phi) is 14.3. The summed E-state index contributed by atoms with van der Waals surface area (Å²) in [6.45, 7) is 10.0. The lowest BCUT2D eigenvalue weighted by atomic mass is 10.1. The van der Waals surface area contributed by atoms with Gasteiger partial charge in [0.25, 0.3) is 0 Å². The zero-order valence-electron chi connectivity index (χ0n) is 13.3. The standard InChI is InChI=1S/C7H16O2.C6H11FO.C2H6/c1-3-5-7(8,9)6-4-2;1-5-2-3-6(4-5)8-7;1-2/h8-9H,3-6H2,1-2H3;5-6H,2-4H2,1H3;1-2H3/t;5?,6-;/m.1./s1. The Hall–Kier alpha value is -0.190. The van der Waals surface area contributed by atoms with Crippen molar-refractivity contribution in [1.29, 1.82) is 0 Å². The highest BCUT2D eigenvalue weighted by Crippen LogP contribution is 2.26. The van der Waals surface area contributed by atoms with Gasteiger partial charge in [-0.2, -0.15) is 4.94 Å². The summed E-state index contributed by atoms with van der Waals surface area (Å²) in [6, 6.07) is 0. The first-order valence-corrected chi connectivity index (χ1v) is 7.67. The van der Waals surface area contributed by atoms with Crippen molar-refractivity contribution in [3.63, 3.8) is 0 Å². The second-order valence-electron chi connectivity index (χ2n) is 5.11. The Balaban J connectivity index is 0. The van der Waals surface area contributed by atoms with E-state index in [1.807, 2.05) is 27.7 Å². The maximum Gasteiger partial charge on any atom is 0.162 e. The average Bonchev–Trinajstić information content (AvgIpc) is 2.78. The van der Waals surface area contributed by atoms with Crippen LogP contribution < -0.4 is 0 Å². The molecular formula is C15H33FO3. The second-order valence-corrected chi connectivity index (χ2v) is 5.11. The van der Waals surface area contributed by atoms with Crippen LogP contribution in [0.3, 0.4) is 0 Å². The van der Waals surface area contributed by atoms with Gasteiger partial charge in [0.05, 0.1) is 6.10 Å². The van der Waals surface area contributed by atoms with Crippen molar-refractivity contribution in [3.05, 3.63) is 0 Å². The van der Waals surface area contributed by atoms with E-state index in [9.17, 15) is 4.53 Å².